The van der Waals surface area contributed by atoms with Crippen LogP contribution in [0.5, 0.6) is 0 Å². The van der Waals surface area contributed by atoms with Gasteiger partial charge in [0.1, 0.15) is 18.2 Å². The summed E-state index contributed by atoms with van der Waals surface area (Å²) in [6, 6.07) is 21.3. The van der Waals surface area contributed by atoms with Gasteiger partial charge in [0.25, 0.3) is 5.82 Å². The summed E-state index contributed by atoms with van der Waals surface area (Å²) in [5.74, 6) is -1.46. The number of anilines is 1. The molecule has 0 radical (unpaired) electrons. The summed E-state index contributed by atoms with van der Waals surface area (Å²) in [5.41, 5.74) is 5.11. The molecule has 0 fully saturated rings. The van der Waals surface area contributed by atoms with E-state index >= 15 is 0 Å². The highest BCUT2D eigenvalue weighted by Crippen LogP contribution is 2.31. The van der Waals surface area contributed by atoms with Crippen LogP contribution in [0.3, 0.4) is 0 Å². The van der Waals surface area contributed by atoms with Crippen LogP contribution in [0.2, 0.25) is 5.15 Å². The van der Waals surface area contributed by atoms with Crippen LogP contribution in [0.4, 0.5) is 19.0 Å². The van der Waals surface area contributed by atoms with Gasteiger partial charge in [0, 0.05) is 17.8 Å². The monoisotopic (exact) mass is 606 g/mol. The van der Waals surface area contributed by atoms with Gasteiger partial charge in [-0.1, -0.05) is 60.1 Å². The number of benzene rings is 2. The average molecular weight is 607 g/mol. The average Bonchev–Trinajstić information content (AvgIpc) is 2.99. The molecule has 1 aliphatic rings. The molecule has 43 heavy (non-hydrogen) atoms. The number of hydrazone groups is 1. The predicted octanol–water partition coefficient (Wildman–Crippen LogP) is 3.86. The maximum Gasteiger partial charge on any atom is 0.407 e. The summed E-state index contributed by atoms with van der Waals surface area (Å²) in [5, 5.41) is 15.5. The standard InChI is InChI=1S/C30H22ClF3N6O3/c31-24-11-10-20(15-35-24)17-40-25-9-1-2-12-39(25)27(41)26(28(40)42)23-8-4-7-22(14-23)21-6-3-5-19(13-21)16-37-38-29(43)36-18-30(32,33)34/h1-16,26H,17-18H2,(H-,36,38,43)/b37-16+. The van der Waals surface area contributed by atoms with Crippen LogP contribution in [0.15, 0.2) is 101 Å². The molecule has 1 amide bonds. The molecule has 0 saturated carbocycles. The van der Waals surface area contributed by atoms with Crippen LogP contribution in [0.1, 0.15) is 27.4 Å². The van der Waals surface area contributed by atoms with Crippen LogP contribution in [-0.2, 0) is 11.3 Å². The van der Waals surface area contributed by atoms with Crippen molar-refractivity contribution in [3.8, 4) is 11.1 Å². The van der Waals surface area contributed by atoms with Gasteiger partial charge in [0.05, 0.1) is 18.4 Å². The molecule has 0 saturated heterocycles. The number of fused-ring (bicyclic) bond motifs is 1. The SMILES string of the molecule is O=C1C(c2cccc(-c3cccc(/C=N/NC([O-])=NCC(F)(F)F)c3)c2)C(=O)[n+]2ccccc2N1Cc1ccc(Cl)nc1. The number of nitrogens with zero attached hydrogens (tertiary/aromatic N) is 5. The number of carbonyl (C=O) groups excluding carboxylic acids is 2. The van der Waals surface area contributed by atoms with E-state index in [9.17, 15) is 27.9 Å². The van der Waals surface area contributed by atoms with E-state index < -0.39 is 36.5 Å². The third-order valence-corrected chi connectivity index (χ3v) is 6.68. The first kappa shape index (κ1) is 29.4. The molecule has 1 aliphatic heterocycles. The molecule has 1 atom stereocenters. The van der Waals surface area contributed by atoms with Gasteiger partial charge >= 0.3 is 18.0 Å². The van der Waals surface area contributed by atoms with E-state index in [4.69, 9.17) is 11.6 Å². The van der Waals surface area contributed by atoms with E-state index in [-0.39, 0.29) is 6.54 Å². The number of carbonyl (C=O) groups is 2. The maximum absolute atomic E-state index is 13.9. The molecule has 2 aromatic carbocycles. The van der Waals surface area contributed by atoms with E-state index in [1.54, 1.807) is 79.1 Å². The number of hydrogen-bond acceptors (Lipinski definition) is 6. The summed E-state index contributed by atoms with van der Waals surface area (Å²) in [7, 11) is 0. The van der Waals surface area contributed by atoms with Crippen molar-refractivity contribution in [1.29, 1.82) is 0 Å². The summed E-state index contributed by atoms with van der Waals surface area (Å²) >= 11 is 5.92. The predicted molar refractivity (Wildman–Crippen MR) is 151 cm³/mol. The highest BCUT2D eigenvalue weighted by molar-refractivity contribution is 6.29. The molecule has 3 heterocycles. The fraction of sp³-hybridized carbons (Fsp3) is 0.133. The summed E-state index contributed by atoms with van der Waals surface area (Å²) < 4.78 is 38.1. The molecule has 13 heteroatoms. The third-order valence-electron chi connectivity index (χ3n) is 6.46. The van der Waals surface area contributed by atoms with Crippen molar-refractivity contribution in [3.05, 3.63) is 113 Å². The van der Waals surface area contributed by atoms with Gasteiger partial charge in [0.2, 0.25) is 0 Å². The highest BCUT2D eigenvalue weighted by atomic mass is 35.5. The zero-order chi connectivity index (χ0) is 30.6. The molecule has 4 aromatic rings. The number of halogens is 4. The maximum atomic E-state index is 13.9. The number of nitrogens with one attached hydrogen (secondary N) is 1. The molecule has 1 unspecified atom stereocenters. The van der Waals surface area contributed by atoms with Gasteiger partial charge in [0.15, 0.2) is 5.92 Å². The Morgan fingerprint density at radius 2 is 1.81 bits per heavy atom. The second-order valence-electron chi connectivity index (χ2n) is 9.47. The molecular weight excluding hydrogens is 585 g/mol. The van der Waals surface area contributed by atoms with E-state index in [2.05, 4.69) is 15.1 Å². The van der Waals surface area contributed by atoms with E-state index in [1.807, 2.05) is 17.6 Å². The van der Waals surface area contributed by atoms with Gasteiger partial charge in [-0.3, -0.25) is 10.4 Å². The van der Waals surface area contributed by atoms with Crippen molar-refractivity contribution >= 4 is 41.5 Å². The van der Waals surface area contributed by atoms with Gasteiger partial charge in [-0.25, -0.2) is 14.6 Å². The summed E-state index contributed by atoms with van der Waals surface area (Å²) in [6.07, 6.45) is -0.134. The Kier molecular flexibility index (Phi) is 8.48. The van der Waals surface area contributed by atoms with Gasteiger partial charge in [-0.05, 0) is 46.5 Å². The van der Waals surface area contributed by atoms with E-state index in [1.165, 1.54) is 15.7 Å². The minimum atomic E-state index is -4.59. The molecule has 2 aromatic heterocycles. The highest BCUT2D eigenvalue weighted by Gasteiger charge is 2.47. The van der Waals surface area contributed by atoms with Crippen LogP contribution in [-0.4, -0.2) is 41.8 Å². The number of amides is 1. The lowest BCUT2D eigenvalue weighted by Gasteiger charge is -2.26. The molecular formula is C30H22ClF3N6O3. The van der Waals surface area contributed by atoms with Crippen LogP contribution < -0.4 is 20.0 Å². The van der Waals surface area contributed by atoms with E-state index in [0.717, 1.165) is 5.56 Å². The minimum Gasteiger partial charge on any atom is -0.845 e. The lowest BCUT2D eigenvalue weighted by Crippen LogP contribution is -2.59. The van der Waals surface area contributed by atoms with Gasteiger partial charge in [-0.15, -0.1) is 0 Å². The lowest BCUT2D eigenvalue weighted by atomic mass is 9.91. The first-order chi connectivity index (χ1) is 20.6. The number of amidine groups is 1. The zero-order valence-corrected chi connectivity index (χ0v) is 23.0. The second-order valence-corrected chi connectivity index (χ2v) is 9.86. The number of aromatic nitrogens is 2. The molecule has 1 N–H and O–H groups in total. The van der Waals surface area contributed by atoms with Crippen LogP contribution >= 0.6 is 11.6 Å². The first-order valence-electron chi connectivity index (χ1n) is 12.8. The smallest absolute Gasteiger partial charge is 0.407 e. The number of pyridine rings is 2. The van der Waals surface area contributed by atoms with Crippen molar-refractivity contribution in [2.45, 2.75) is 18.6 Å². The number of hydrogen-bond donors (Lipinski definition) is 1. The fourth-order valence-corrected chi connectivity index (χ4v) is 4.65. The van der Waals surface area contributed by atoms with E-state index in [0.29, 0.717) is 33.2 Å². The molecule has 218 valence electrons. The number of alkyl halides is 3. The number of rotatable bonds is 7. The van der Waals surface area contributed by atoms with Crippen molar-refractivity contribution in [3.63, 3.8) is 0 Å². The Morgan fingerprint density at radius 3 is 2.56 bits per heavy atom. The Morgan fingerprint density at radius 1 is 1.05 bits per heavy atom. The molecule has 0 aliphatic carbocycles. The van der Waals surface area contributed by atoms with Crippen molar-refractivity contribution in [2.75, 3.05) is 11.4 Å². The first-order valence-corrected chi connectivity index (χ1v) is 13.2. The topological polar surface area (TPSA) is 114 Å². The molecule has 9 nitrogen and oxygen atoms in total. The van der Waals surface area contributed by atoms with Crippen molar-refractivity contribution in [1.82, 2.24) is 10.4 Å². The quantitative estimate of drug-likeness (QED) is 0.0857. The Hall–Kier alpha value is -5.10. The fourth-order valence-electron chi connectivity index (χ4n) is 4.54. The van der Waals surface area contributed by atoms with Gasteiger partial charge < -0.3 is 5.11 Å². The number of aliphatic imine (C=N–C) groups is 1. The third kappa shape index (κ3) is 7.04. The second kappa shape index (κ2) is 12.4. The normalized spacial score (nSPS) is 15.6. The lowest BCUT2D eigenvalue weighted by molar-refractivity contribution is -0.563. The molecule has 0 bridgehead atoms. The Bertz CT molecular complexity index is 1730. The van der Waals surface area contributed by atoms with Crippen molar-refractivity contribution in [2.24, 2.45) is 10.1 Å². The summed E-state index contributed by atoms with van der Waals surface area (Å²) in [6.45, 7) is -1.43. The Balaban J connectivity index is 1.40. The largest absolute Gasteiger partial charge is 0.845 e. The van der Waals surface area contributed by atoms with Crippen LogP contribution in [0, 0.1) is 0 Å². The molecule has 0 spiro atoms. The van der Waals surface area contributed by atoms with Crippen LogP contribution in [0.25, 0.3) is 11.1 Å². The van der Waals surface area contributed by atoms with Crippen molar-refractivity contribution < 1.29 is 32.4 Å². The zero-order valence-electron chi connectivity index (χ0n) is 22.2. The Labute approximate surface area is 248 Å². The summed E-state index contributed by atoms with van der Waals surface area (Å²) in [4.78, 5) is 36.0. The van der Waals surface area contributed by atoms with Gasteiger partial charge in [-0.2, -0.15) is 27.7 Å². The minimum absolute atomic E-state index is 0.178. The molecule has 5 rings (SSSR count).